The number of aromatic nitrogens is 3. The van der Waals surface area contributed by atoms with Gasteiger partial charge in [-0.05, 0) is 23.8 Å². The highest BCUT2D eigenvalue weighted by Crippen LogP contribution is 2.30. The van der Waals surface area contributed by atoms with Gasteiger partial charge in [0.2, 0.25) is 0 Å². The third-order valence-corrected chi connectivity index (χ3v) is 3.57. The minimum Gasteiger partial charge on any atom is -0.465 e. The van der Waals surface area contributed by atoms with Crippen molar-refractivity contribution in [2.75, 3.05) is 12.4 Å². The van der Waals surface area contributed by atoms with E-state index in [-0.39, 0.29) is 5.82 Å². The van der Waals surface area contributed by atoms with Crippen LogP contribution >= 0.6 is 0 Å². The zero-order valence-corrected chi connectivity index (χ0v) is 13.2. The monoisotopic (exact) mass is 326 g/mol. The Morgan fingerprint density at radius 3 is 2.67 bits per heavy atom. The molecule has 122 valence electrons. The third kappa shape index (κ3) is 2.96. The van der Waals surface area contributed by atoms with Crippen molar-refractivity contribution >= 4 is 17.5 Å². The van der Waals surface area contributed by atoms with Gasteiger partial charge in [-0.15, -0.1) is 0 Å². The average molecular weight is 326 g/mol. The molecule has 0 saturated heterocycles. The number of benzene rings is 1. The van der Waals surface area contributed by atoms with Gasteiger partial charge in [-0.1, -0.05) is 12.1 Å². The van der Waals surface area contributed by atoms with Crippen molar-refractivity contribution < 1.29 is 13.9 Å². The van der Waals surface area contributed by atoms with Crippen LogP contribution in [0.15, 0.2) is 48.9 Å². The van der Waals surface area contributed by atoms with Crippen LogP contribution in [-0.4, -0.2) is 27.8 Å². The Kier molecular flexibility index (Phi) is 4.24. The molecule has 0 aliphatic carbocycles. The van der Waals surface area contributed by atoms with E-state index in [2.05, 4.69) is 15.4 Å². The summed E-state index contributed by atoms with van der Waals surface area (Å²) in [6.07, 6.45) is 4.72. The van der Waals surface area contributed by atoms with Crippen LogP contribution in [0.25, 0.3) is 11.1 Å². The van der Waals surface area contributed by atoms with Crippen molar-refractivity contribution in [3.8, 4) is 11.1 Å². The quantitative estimate of drug-likeness (QED) is 0.746. The highest BCUT2D eigenvalue weighted by atomic mass is 19.1. The van der Waals surface area contributed by atoms with E-state index in [1.165, 1.54) is 31.6 Å². The van der Waals surface area contributed by atoms with Gasteiger partial charge in [0.05, 0.1) is 30.8 Å². The second kappa shape index (κ2) is 6.49. The highest BCUT2D eigenvalue weighted by molar-refractivity contribution is 5.96. The Morgan fingerprint density at radius 2 is 1.96 bits per heavy atom. The van der Waals surface area contributed by atoms with Gasteiger partial charge >= 0.3 is 5.97 Å². The molecule has 7 heteroatoms. The molecule has 3 aromatic rings. The van der Waals surface area contributed by atoms with E-state index >= 15 is 0 Å². The fourth-order valence-electron chi connectivity index (χ4n) is 2.34. The predicted octanol–water partition coefficient (Wildman–Crippen LogP) is 3.15. The van der Waals surface area contributed by atoms with Crippen LogP contribution in [0, 0.1) is 5.82 Å². The maximum Gasteiger partial charge on any atom is 0.340 e. The Balaban J connectivity index is 2.02. The minimum atomic E-state index is -0.467. The summed E-state index contributed by atoms with van der Waals surface area (Å²) in [7, 11) is 3.09. The maximum atomic E-state index is 13.1. The lowest BCUT2D eigenvalue weighted by molar-refractivity contribution is 0.0602. The van der Waals surface area contributed by atoms with E-state index in [4.69, 9.17) is 4.74 Å². The summed E-state index contributed by atoms with van der Waals surface area (Å²) in [4.78, 5) is 15.9. The van der Waals surface area contributed by atoms with Crippen LogP contribution in [0.4, 0.5) is 15.9 Å². The zero-order chi connectivity index (χ0) is 17.1. The number of methoxy groups -OCH3 is 1. The number of carbonyl (C=O) groups excluding carboxylic acids is 1. The molecule has 2 heterocycles. The number of hydrogen-bond donors (Lipinski definition) is 1. The van der Waals surface area contributed by atoms with Crippen molar-refractivity contribution in [1.82, 2.24) is 14.8 Å². The number of nitrogens with one attached hydrogen (secondary N) is 1. The van der Waals surface area contributed by atoms with Gasteiger partial charge in [0.1, 0.15) is 11.6 Å². The number of anilines is 2. The Morgan fingerprint density at radius 1 is 1.21 bits per heavy atom. The molecule has 24 heavy (non-hydrogen) atoms. The Labute approximate surface area is 137 Å². The normalized spacial score (nSPS) is 10.5. The summed E-state index contributed by atoms with van der Waals surface area (Å²) in [5.74, 6) is -0.123. The Hall–Kier alpha value is -3.22. The van der Waals surface area contributed by atoms with E-state index in [1.807, 2.05) is 0 Å². The first-order chi connectivity index (χ1) is 11.6. The number of carbonyl (C=O) groups is 1. The van der Waals surface area contributed by atoms with E-state index in [1.54, 1.807) is 36.1 Å². The molecule has 0 atom stereocenters. The number of rotatable bonds is 4. The number of esters is 1. The fourth-order valence-corrected chi connectivity index (χ4v) is 2.34. The van der Waals surface area contributed by atoms with Crippen LogP contribution in [-0.2, 0) is 11.8 Å². The lowest BCUT2D eigenvalue weighted by atomic mass is 10.1. The number of ether oxygens (including phenoxy) is 1. The highest BCUT2D eigenvalue weighted by Gasteiger charge is 2.16. The number of hydrogen-bond acceptors (Lipinski definition) is 5. The van der Waals surface area contributed by atoms with Crippen LogP contribution in [0.3, 0.4) is 0 Å². The second-order valence-corrected chi connectivity index (χ2v) is 5.08. The first-order valence-electron chi connectivity index (χ1n) is 7.17. The number of pyridine rings is 1. The van der Waals surface area contributed by atoms with Gasteiger partial charge in [-0.3, -0.25) is 9.67 Å². The lowest BCUT2D eigenvalue weighted by Gasteiger charge is -2.12. The summed E-state index contributed by atoms with van der Waals surface area (Å²) in [5, 5.41) is 7.39. The molecule has 0 saturated carbocycles. The van der Waals surface area contributed by atoms with Gasteiger partial charge in [-0.2, -0.15) is 5.10 Å². The van der Waals surface area contributed by atoms with Gasteiger partial charge in [0.25, 0.3) is 0 Å². The lowest BCUT2D eigenvalue weighted by Crippen LogP contribution is -2.08. The molecule has 3 rings (SSSR count). The molecule has 1 N–H and O–H groups in total. The largest absolute Gasteiger partial charge is 0.465 e. The number of aryl methyl sites for hydroxylation is 1. The second-order valence-electron chi connectivity index (χ2n) is 5.08. The van der Waals surface area contributed by atoms with Crippen molar-refractivity contribution in [3.05, 3.63) is 60.3 Å². The predicted molar refractivity (Wildman–Crippen MR) is 87.5 cm³/mol. The smallest absolute Gasteiger partial charge is 0.340 e. The van der Waals surface area contributed by atoms with Crippen LogP contribution < -0.4 is 5.32 Å². The first-order valence-corrected chi connectivity index (χ1v) is 7.17. The van der Waals surface area contributed by atoms with Gasteiger partial charge in [0.15, 0.2) is 0 Å². The molecule has 6 nitrogen and oxygen atoms in total. The van der Waals surface area contributed by atoms with E-state index in [0.717, 1.165) is 11.1 Å². The molecule has 0 fully saturated rings. The van der Waals surface area contributed by atoms with Crippen molar-refractivity contribution in [2.45, 2.75) is 0 Å². The van der Waals surface area contributed by atoms with Gasteiger partial charge in [0, 0.05) is 18.8 Å². The zero-order valence-electron chi connectivity index (χ0n) is 13.2. The summed E-state index contributed by atoms with van der Waals surface area (Å²) in [6.45, 7) is 0. The van der Waals surface area contributed by atoms with Gasteiger partial charge in [-0.25, -0.2) is 9.18 Å². The molecule has 2 aromatic heterocycles. The molecule has 0 unspecified atom stereocenters. The van der Waals surface area contributed by atoms with Crippen molar-refractivity contribution in [3.63, 3.8) is 0 Å². The fraction of sp³-hybridized carbons (Fsp3) is 0.118. The maximum absolute atomic E-state index is 13.1. The third-order valence-electron chi connectivity index (χ3n) is 3.57. The van der Waals surface area contributed by atoms with Gasteiger partial charge < -0.3 is 10.1 Å². The molecular weight excluding hydrogens is 311 g/mol. The summed E-state index contributed by atoms with van der Waals surface area (Å²) >= 11 is 0. The van der Waals surface area contributed by atoms with Crippen molar-refractivity contribution in [2.24, 2.45) is 7.05 Å². The molecule has 0 aliphatic heterocycles. The molecule has 0 aliphatic rings. The summed E-state index contributed by atoms with van der Waals surface area (Å²) in [6, 6.07) is 7.68. The number of halogens is 1. The standard InChI is InChI=1S/C17H15FN4O2/c1-22-16(14(9-20-22)11-3-5-12(18)6-4-11)21-15-10-19-8-7-13(15)17(23)24-2/h3-10,21H,1-2H3. The first kappa shape index (κ1) is 15.7. The molecule has 0 spiro atoms. The van der Waals surface area contributed by atoms with E-state index in [9.17, 15) is 9.18 Å². The van der Waals surface area contributed by atoms with Crippen LogP contribution in [0.2, 0.25) is 0 Å². The van der Waals surface area contributed by atoms with Crippen molar-refractivity contribution in [1.29, 1.82) is 0 Å². The molecule has 0 amide bonds. The van der Waals surface area contributed by atoms with Crippen LogP contribution in [0.1, 0.15) is 10.4 Å². The summed E-state index contributed by atoms with van der Waals surface area (Å²) in [5.41, 5.74) is 2.43. The average Bonchev–Trinajstić information content (AvgIpc) is 2.96. The van der Waals surface area contributed by atoms with E-state index < -0.39 is 5.97 Å². The topological polar surface area (TPSA) is 69.0 Å². The molecule has 0 radical (unpaired) electrons. The minimum absolute atomic E-state index is 0.308. The molecule has 0 bridgehead atoms. The van der Waals surface area contributed by atoms with Crippen LogP contribution in [0.5, 0.6) is 0 Å². The molecule has 1 aromatic carbocycles. The summed E-state index contributed by atoms with van der Waals surface area (Å²) < 4.78 is 19.6. The SMILES string of the molecule is COC(=O)c1ccncc1Nc1c(-c2ccc(F)cc2)cnn1C. The number of nitrogens with zero attached hydrogens (tertiary/aromatic N) is 3. The Bertz CT molecular complexity index is 875. The van der Waals surface area contributed by atoms with E-state index in [0.29, 0.717) is 17.1 Å². The molecular formula is C17H15FN4O2.